The Morgan fingerprint density at radius 2 is 2.03 bits per heavy atom. The number of hydrogen-bond acceptors (Lipinski definition) is 4. The second kappa shape index (κ2) is 6.38. The molecule has 1 aliphatic rings. The van der Waals surface area contributed by atoms with Crippen LogP contribution in [0, 0.1) is 18.2 Å². The minimum Gasteiger partial charge on any atom is -0.390 e. The first-order valence-corrected chi connectivity index (χ1v) is 9.00. The summed E-state index contributed by atoms with van der Waals surface area (Å²) >= 11 is 0. The van der Waals surface area contributed by atoms with Crippen LogP contribution in [0.4, 0.5) is 17.6 Å². The van der Waals surface area contributed by atoms with Crippen LogP contribution in [0.5, 0.6) is 0 Å². The van der Waals surface area contributed by atoms with Gasteiger partial charge in [0.05, 0.1) is 18.2 Å². The first-order chi connectivity index (χ1) is 13.5. The number of aliphatic hydroxyl groups is 1. The van der Waals surface area contributed by atoms with Gasteiger partial charge in [0, 0.05) is 0 Å². The number of rotatable bonds is 4. The molecule has 0 unspecified atom stereocenters. The third-order valence-corrected chi connectivity index (χ3v) is 5.46. The summed E-state index contributed by atoms with van der Waals surface area (Å²) in [5.41, 5.74) is -1.60. The zero-order valence-corrected chi connectivity index (χ0v) is 15.6. The van der Waals surface area contributed by atoms with Crippen molar-refractivity contribution in [3.8, 4) is 0 Å². The van der Waals surface area contributed by atoms with E-state index in [1.807, 2.05) is 6.92 Å². The van der Waals surface area contributed by atoms with E-state index in [4.69, 9.17) is 0 Å². The quantitative estimate of drug-likeness (QED) is 0.646. The Kier molecular flexibility index (Phi) is 4.30. The number of alkyl halides is 3. The van der Waals surface area contributed by atoms with Gasteiger partial charge in [-0.05, 0) is 42.9 Å². The Balaban J connectivity index is 1.95. The number of halogens is 4. The molecule has 1 aliphatic carbocycles. The standard InChI is InChI=1S/C19H18F4N4O2/c1-9-24-16-14(17(29)25-9)13(8-28)26-27(16)15(18(2)5-6-18)10-3-4-11(12(20)7-10)19(21,22)23/h3-4,7,15,28H,5-6,8H2,1-2H3,(H,24,25,29)/t15-/m1/s1. The molecular formula is C19H18F4N4O2. The van der Waals surface area contributed by atoms with Crippen LogP contribution < -0.4 is 5.56 Å². The molecule has 0 radical (unpaired) electrons. The van der Waals surface area contributed by atoms with E-state index in [1.54, 1.807) is 6.92 Å². The highest BCUT2D eigenvalue weighted by Gasteiger charge is 2.48. The fourth-order valence-electron chi connectivity index (χ4n) is 3.76. The van der Waals surface area contributed by atoms with E-state index >= 15 is 0 Å². The smallest absolute Gasteiger partial charge is 0.390 e. The van der Waals surface area contributed by atoms with Gasteiger partial charge in [-0.25, -0.2) is 14.1 Å². The molecule has 154 valence electrons. The Morgan fingerprint density at radius 3 is 2.59 bits per heavy atom. The van der Waals surface area contributed by atoms with Crippen molar-refractivity contribution in [1.82, 2.24) is 19.7 Å². The van der Waals surface area contributed by atoms with E-state index in [1.165, 1.54) is 10.7 Å². The van der Waals surface area contributed by atoms with E-state index in [9.17, 15) is 27.5 Å². The summed E-state index contributed by atoms with van der Waals surface area (Å²) in [7, 11) is 0. The molecule has 4 rings (SSSR count). The average Bonchev–Trinajstić information content (AvgIpc) is 3.24. The van der Waals surface area contributed by atoms with Crippen molar-refractivity contribution in [1.29, 1.82) is 0 Å². The molecule has 2 aromatic heterocycles. The molecule has 0 bridgehead atoms. The molecule has 1 atom stereocenters. The van der Waals surface area contributed by atoms with Crippen LogP contribution in [0.15, 0.2) is 23.0 Å². The number of hydrogen-bond donors (Lipinski definition) is 2. The zero-order valence-electron chi connectivity index (χ0n) is 15.6. The van der Waals surface area contributed by atoms with Gasteiger partial charge in [0.15, 0.2) is 5.65 Å². The predicted octanol–water partition coefficient (Wildman–Crippen LogP) is 3.47. The molecule has 0 spiro atoms. The SMILES string of the molecule is Cc1nc2c(c(CO)nn2[C@H](c2ccc(C(F)(F)F)c(F)c2)C2(C)CC2)c(=O)[nH]1. The fourth-order valence-corrected chi connectivity index (χ4v) is 3.76. The normalized spacial score (nSPS) is 16.9. The molecule has 1 fully saturated rings. The molecule has 3 aromatic rings. The average molecular weight is 410 g/mol. The van der Waals surface area contributed by atoms with Crippen LogP contribution in [0.3, 0.4) is 0 Å². The molecule has 1 saturated carbocycles. The van der Waals surface area contributed by atoms with E-state index in [0.29, 0.717) is 17.5 Å². The number of aryl methyl sites for hydroxylation is 1. The number of nitrogens with one attached hydrogen (secondary N) is 1. The van der Waals surface area contributed by atoms with Gasteiger partial charge in [0.2, 0.25) is 0 Å². The number of aliphatic hydroxyl groups excluding tert-OH is 1. The van der Waals surface area contributed by atoms with Gasteiger partial charge in [-0.1, -0.05) is 13.0 Å². The van der Waals surface area contributed by atoms with E-state index in [-0.39, 0.29) is 16.7 Å². The second-order valence-electron chi connectivity index (χ2n) is 7.69. The molecule has 0 saturated heterocycles. The van der Waals surface area contributed by atoms with Crippen molar-refractivity contribution in [2.45, 2.75) is 45.5 Å². The van der Waals surface area contributed by atoms with Crippen molar-refractivity contribution < 1.29 is 22.7 Å². The van der Waals surface area contributed by atoms with Crippen molar-refractivity contribution in [3.05, 3.63) is 57.0 Å². The maximum absolute atomic E-state index is 14.3. The van der Waals surface area contributed by atoms with Gasteiger partial charge in [-0.3, -0.25) is 4.79 Å². The van der Waals surface area contributed by atoms with E-state index in [2.05, 4.69) is 15.1 Å². The Bertz CT molecular complexity index is 1160. The lowest BCUT2D eigenvalue weighted by Gasteiger charge is -2.25. The predicted molar refractivity (Wildman–Crippen MR) is 95.7 cm³/mol. The van der Waals surface area contributed by atoms with Crippen molar-refractivity contribution in [2.75, 3.05) is 0 Å². The maximum atomic E-state index is 14.3. The molecule has 6 nitrogen and oxygen atoms in total. The molecule has 1 aromatic carbocycles. The third kappa shape index (κ3) is 3.21. The third-order valence-electron chi connectivity index (χ3n) is 5.46. The van der Waals surface area contributed by atoms with Gasteiger partial charge in [0.1, 0.15) is 22.7 Å². The topological polar surface area (TPSA) is 83.8 Å². The highest BCUT2D eigenvalue weighted by molar-refractivity contribution is 5.77. The lowest BCUT2D eigenvalue weighted by Crippen LogP contribution is -2.23. The summed E-state index contributed by atoms with van der Waals surface area (Å²) in [4.78, 5) is 19.3. The van der Waals surface area contributed by atoms with E-state index < -0.39 is 41.2 Å². The van der Waals surface area contributed by atoms with Crippen molar-refractivity contribution in [2.24, 2.45) is 5.41 Å². The molecular weight excluding hydrogens is 392 g/mol. The second-order valence-corrected chi connectivity index (χ2v) is 7.69. The lowest BCUT2D eigenvalue weighted by molar-refractivity contribution is -0.140. The van der Waals surface area contributed by atoms with Gasteiger partial charge in [-0.15, -0.1) is 0 Å². The van der Waals surface area contributed by atoms with Gasteiger partial charge < -0.3 is 10.1 Å². The van der Waals surface area contributed by atoms with Crippen LogP contribution in [0.1, 0.15) is 48.5 Å². The van der Waals surface area contributed by atoms with Crippen LogP contribution in [-0.2, 0) is 12.8 Å². The van der Waals surface area contributed by atoms with Crippen molar-refractivity contribution in [3.63, 3.8) is 0 Å². The van der Waals surface area contributed by atoms with Gasteiger partial charge in [-0.2, -0.15) is 18.3 Å². The Labute approximate surface area is 162 Å². The summed E-state index contributed by atoms with van der Waals surface area (Å²) < 4.78 is 54.6. The fraction of sp³-hybridized carbons (Fsp3) is 0.421. The molecule has 0 amide bonds. The minimum atomic E-state index is -4.80. The summed E-state index contributed by atoms with van der Waals surface area (Å²) in [6, 6.07) is 2.17. The number of benzene rings is 1. The minimum absolute atomic E-state index is 0.107. The van der Waals surface area contributed by atoms with Crippen molar-refractivity contribution >= 4 is 11.0 Å². The summed E-state index contributed by atoms with van der Waals surface area (Å²) in [5, 5.41) is 14.1. The zero-order chi connectivity index (χ0) is 21.1. The first-order valence-electron chi connectivity index (χ1n) is 9.00. The summed E-state index contributed by atoms with van der Waals surface area (Å²) in [6.45, 7) is 2.99. The summed E-state index contributed by atoms with van der Waals surface area (Å²) in [6.07, 6.45) is -3.30. The van der Waals surface area contributed by atoms with Crippen LogP contribution >= 0.6 is 0 Å². The molecule has 10 heteroatoms. The van der Waals surface area contributed by atoms with E-state index in [0.717, 1.165) is 18.9 Å². The van der Waals surface area contributed by atoms with Crippen LogP contribution in [0.2, 0.25) is 0 Å². The van der Waals surface area contributed by atoms with Gasteiger partial charge in [0.25, 0.3) is 5.56 Å². The first kappa shape index (κ1) is 19.6. The van der Waals surface area contributed by atoms with Crippen LogP contribution in [0.25, 0.3) is 11.0 Å². The van der Waals surface area contributed by atoms with Gasteiger partial charge >= 0.3 is 6.18 Å². The Hall–Kier alpha value is -2.75. The summed E-state index contributed by atoms with van der Waals surface area (Å²) in [5.74, 6) is -1.04. The number of aromatic nitrogens is 4. The number of fused-ring (bicyclic) bond motifs is 1. The molecule has 0 aliphatic heterocycles. The molecule has 2 heterocycles. The number of aromatic amines is 1. The Morgan fingerprint density at radius 1 is 1.34 bits per heavy atom. The van der Waals surface area contributed by atoms with Crippen LogP contribution in [-0.4, -0.2) is 24.9 Å². The highest BCUT2D eigenvalue weighted by atomic mass is 19.4. The number of nitrogens with zero attached hydrogens (tertiary/aromatic N) is 3. The molecule has 2 N–H and O–H groups in total. The monoisotopic (exact) mass is 410 g/mol. The lowest BCUT2D eigenvalue weighted by atomic mass is 9.91. The molecule has 29 heavy (non-hydrogen) atoms. The maximum Gasteiger partial charge on any atom is 0.419 e. The largest absolute Gasteiger partial charge is 0.419 e. The number of H-pyrrole nitrogens is 1. The highest BCUT2D eigenvalue weighted by Crippen LogP contribution is 2.56.